The summed E-state index contributed by atoms with van der Waals surface area (Å²) in [6, 6.07) is 19.0. The molecule has 0 amide bonds. The Labute approximate surface area is 136 Å². The zero-order valence-electron chi connectivity index (χ0n) is 11.8. The molecule has 0 spiro atoms. The Morgan fingerprint density at radius 1 is 1.00 bits per heavy atom. The third-order valence-electron chi connectivity index (χ3n) is 2.35. The van der Waals surface area contributed by atoms with Gasteiger partial charge in [0.2, 0.25) is 0 Å². The monoisotopic (exact) mass is 420 g/mol. The average Bonchev–Trinajstić information content (AvgIpc) is 2.49. The fourth-order valence-electron chi connectivity index (χ4n) is 1.24. The van der Waals surface area contributed by atoms with Gasteiger partial charge in [0.1, 0.15) is 5.75 Å². The first-order chi connectivity index (χ1) is 9.94. The van der Waals surface area contributed by atoms with Crippen LogP contribution >= 0.6 is 0 Å². The summed E-state index contributed by atoms with van der Waals surface area (Å²) < 4.78 is 36.3. The van der Waals surface area contributed by atoms with E-state index in [4.69, 9.17) is 4.74 Å². The second-order valence-corrected chi connectivity index (χ2v) is 8.62. The van der Waals surface area contributed by atoms with E-state index in [1.807, 2.05) is 12.1 Å². The van der Waals surface area contributed by atoms with Crippen LogP contribution in [0.5, 0.6) is 5.75 Å². The Kier molecular flexibility index (Phi) is 7.69. The molecule has 0 radical (unpaired) electrons. The van der Waals surface area contributed by atoms with E-state index >= 15 is 0 Å². The van der Waals surface area contributed by atoms with Crippen LogP contribution in [0.15, 0.2) is 54.6 Å². The van der Waals surface area contributed by atoms with Crippen molar-refractivity contribution in [2.75, 3.05) is 12.9 Å². The molecule has 4 nitrogen and oxygen atoms in total. The molecule has 0 aliphatic rings. The molecule has 2 aromatic rings. The van der Waals surface area contributed by atoms with Gasteiger partial charge in [-0.25, -0.2) is 8.42 Å². The molecule has 0 saturated heterocycles. The first kappa shape index (κ1) is 17.9. The Morgan fingerprint density at radius 2 is 1.48 bits per heavy atom. The van der Waals surface area contributed by atoms with Crippen LogP contribution in [0.1, 0.15) is 6.92 Å². The number of hydrogen-bond donors (Lipinski definition) is 0. The van der Waals surface area contributed by atoms with Crippen LogP contribution in [-0.4, -0.2) is 25.8 Å². The van der Waals surface area contributed by atoms with Crippen molar-refractivity contribution in [1.82, 2.24) is 0 Å². The van der Waals surface area contributed by atoms with Crippen molar-refractivity contribution in [1.29, 1.82) is 0 Å². The lowest BCUT2D eigenvalue weighted by Gasteiger charge is -1.97. The third-order valence-corrected chi connectivity index (χ3v) is 5.75. The molecule has 2 aromatic carbocycles. The van der Waals surface area contributed by atoms with Crippen LogP contribution in [-0.2, 0) is 10.1 Å². The van der Waals surface area contributed by atoms with E-state index in [1.54, 1.807) is 7.11 Å². The average molecular weight is 420 g/mol. The van der Waals surface area contributed by atoms with Crippen molar-refractivity contribution >= 4 is 10.1 Å². The maximum absolute atomic E-state index is 9.44. The number of hydrogen-bond acceptors (Lipinski definition) is 4. The molecule has 2 rings (SSSR count). The van der Waals surface area contributed by atoms with Gasteiger partial charge in [0, 0.05) is 5.75 Å². The highest BCUT2D eigenvalue weighted by Gasteiger charge is 2.13. The number of methoxy groups -OCH3 is 1. The highest BCUT2D eigenvalue weighted by atomic mass is 127. The van der Waals surface area contributed by atoms with Gasteiger partial charge in [-0.3, -0.25) is 0 Å². The fourth-order valence-corrected chi connectivity index (χ4v) is 3.45. The normalized spacial score (nSPS) is 10.4. The van der Waals surface area contributed by atoms with Gasteiger partial charge in [0.25, 0.3) is 0 Å². The lowest BCUT2D eigenvalue weighted by atomic mass is 10.3. The summed E-state index contributed by atoms with van der Waals surface area (Å²) in [5.41, 5.74) is 0. The molecule has 0 fully saturated rings. The molecular formula is C15H17IO4S. The van der Waals surface area contributed by atoms with Gasteiger partial charge < -0.3 is 9.29 Å². The largest absolute Gasteiger partial charge is 0.748 e. The van der Waals surface area contributed by atoms with Crippen molar-refractivity contribution in [2.24, 2.45) is 0 Å². The molecule has 0 aromatic heterocycles. The van der Waals surface area contributed by atoms with E-state index < -0.39 is 10.1 Å². The lowest BCUT2D eigenvalue weighted by molar-refractivity contribution is -0.597. The van der Waals surface area contributed by atoms with Gasteiger partial charge in [0.05, 0.1) is 17.2 Å². The van der Waals surface area contributed by atoms with E-state index in [2.05, 4.69) is 42.5 Å². The summed E-state index contributed by atoms with van der Waals surface area (Å²) in [4.78, 5) is 0. The quantitative estimate of drug-likeness (QED) is 0.489. The van der Waals surface area contributed by atoms with Gasteiger partial charge in [-0.15, -0.1) is 0 Å². The molecule has 0 unspecified atom stereocenters. The second-order valence-electron chi connectivity index (χ2n) is 3.89. The van der Waals surface area contributed by atoms with Crippen molar-refractivity contribution in [2.45, 2.75) is 6.92 Å². The minimum atomic E-state index is -3.91. The van der Waals surface area contributed by atoms with Crippen LogP contribution in [0, 0.1) is 7.14 Å². The van der Waals surface area contributed by atoms with E-state index in [9.17, 15) is 13.0 Å². The highest BCUT2D eigenvalue weighted by Crippen LogP contribution is 2.06. The summed E-state index contributed by atoms with van der Waals surface area (Å²) in [7, 11) is -2.22. The molecule has 0 N–H and O–H groups in total. The van der Waals surface area contributed by atoms with E-state index in [0.717, 1.165) is 5.75 Å². The van der Waals surface area contributed by atoms with Crippen LogP contribution < -0.4 is 25.9 Å². The first-order valence-electron chi connectivity index (χ1n) is 6.22. The van der Waals surface area contributed by atoms with Crippen LogP contribution in [0.3, 0.4) is 0 Å². The predicted octanol–water partition coefficient (Wildman–Crippen LogP) is -0.625. The predicted molar refractivity (Wildman–Crippen MR) is 77.1 cm³/mol. The number of rotatable bonds is 4. The molecule has 0 heterocycles. The van der Waals surface area contributed by atoms with Gasteiger partial charge in [-0.2, -0.15) is 0 Å². The summed E-state index contributed by atoms with van der Waals surface area (Å²) in [5.74, 6) is 0.614. The maximum atomic E-state index is 9.44. The Hall–Kier alpha value is -1.12. The molecule has 0 aliphatic carbocycles. The van der Waals surface area contributed by atoms with E-state index in [0.29, 0.717) is 0 Å². The smallest absolute Gasteiger partial charge is 0.357 e. The molecule has 6 heteroatoms. The van der Waals surface area contributed by atoms with E-state index in [1.165, 1.54) is 14.1 Å². The molecule has 0 atom stereocenters. The number of benzene rings is 2. The minimum Gasteiger partial charge on any atom is -0.748 e. The minimum absolute atomic E-state index is 0.0449. The fraction of sp³-hybridized carbons (Fsp3) is 0.200. The van der Waals surface area contributed by atoms with Crippen LogP contribution in [0.2, 0.25) is 0 Å². The van der Waals surface area contributed by atoms with Gasteiger partial charge >= 0.3 is 21.2 Å². The van der Waals surface area contributed by atoms with Gasteiger partial charge in [-0.1, -0.05) is 25.1 Å². The highest BCUT2D eigenvalue weighted by molar-refractivity contribution is 7.85. The Balaban J connectivity index is 0.000000315. The maximum Gasteiger partial charge on any atom is 0.357 e. The molecule has 0 bridgehead atoms. The third kappa shape index (κ3) is 8.03. The Morgan fingerprint density at radius 3 is 1.90 bits per heavy atom. The van der Waals surface area contributed by atoms with Crippen molar-refractivity contribution in [3.05, 3.63) is 61.7 Å². The van der Waals surface area contributed by atoms with Crippen molar-refractivity contribution < 1.29 is 38.9 Å². The lowest BCUT2D eigenvalue weighted by Crippen LogP contribution is -3.61. The van der Waals surface area contributed by atoms with Gasteiger partial charge in [0.15, 0.2) is 7.14 Å². The van der Waals surface area contributed by atoms with Crippen molar-refractivity contribution in [3.63, 3.8) is 0 Å². The second kappa shape index (κ2) is 9.01. The summed E-state index contributed by atoms with van der Waals surface area (Å²) in [5, 5.41) is 0. The molecular weight excluding hydrogens is 403 g/mol. The first-order valence-corrected chi connectivity index (χ1v) is 9.95. The summed E-state index contributed by atoms with van der Waals surface area (Å²) >= 11 is -0.0449. The summed E-state index contributed by atoms with van der Waals surface area (Å²) in [6.07, 6.45) is 0. The number of ether oxygens (including phenoxy) is 1. The molecule has 0 aliphatic heterocycles. The zero-order valence-corrected chi connectivity index (χ0v) is 14.8. The molecule has 0 saturated carbocycles. The molecule has 21 heavy (non-hydrogen) atoms. The molecule has 114 valence electrons. The SMILES string of the molecule is CCS(=O)(=O)[O-].COc1ccc([I+]c2ccccc2)cc1. The Bertz CT molecular complexity index is 624. The van der Waals surface area contributed by atoms with Crippen LogP contribution in [0.4, 0.5) is 0 Å². The zero-order chi connectivity index (χ0) is 15.7. The van der Waals surface area contributed by atoms with E-state index in [-0.39, 0.29) is 27.0 Å². The summed E-state index contributed by atoms with van der Waals surface area (Å²) in [6.45, 7) is 1.31. The topological polar surface area (TPSA) is 66.4 Å². The van der Waals surface area contributed by atoms with Crippen LogP contribution in [0.25, 0.3) is 0 Å². The van der Waals surface area contributed by atoms with Crippen molar-refractivity contribution in [3.8, 4) is 5.75 Å². The number of halogens is 1. The van der Waals surface area contributed by atoms with Gasteiger partial charge in [-0.05, 0) is 36.4 Å². The standard InChI is InChI=1S/C13H12IO.C2H6O3S/c1-15-13-9-7-12(8-10-13)14-11-5-3-2-4-6-11;1-2-6(3,4)5/h2-10H,1H3;2H2,1H3,(H,3,4,5)/q+1;/p-1.